The van der Waals surface area contributed by atoms with Gasteiger partial charge >= 0.3 is 29.6 Å². The largest absolute Gasteiger partial charge is 1.00 e. The molecule has 0 bridgehead atoms. The predicted molar refractivity (Wildman–Crippen MR) is 131 cm³/mol. The molecule has 0 aliphatic heterocycles. The number of hydrogen-bond donors (Lipinski definition) is 2. The minimum absolute atomic E-state index is 0. The molecule has 0 fully saturated rings. The SMILES string of the molecule is NCCc1ccco1.O=C(Cl)c1ccccc1.O=C(NCCc1ccco1)c1ccccc1.[Na+].[OH-]. The molecule has 0 atom stereocenters. The minimum Gasteiger partial charge on any atom is -0.870 e. The third-order valence-electron chi connectivity index (χ3n) is 4.24. The summed E-state index contributed by atoms with van der Waals surface area (Å²) in [6, 6.07) is 25.4. The topological polar surface area (TPSA) is 128 Å². The zero-order valence-corrected chi connectivity index (χ0v) is 22.4. The van der Waals surface area contributed by atoms with Crippen LogP contribution in [0.2, 0.25) is 0 Å². The first-order chi connectivity index (χ1) is 16.1. The number of nitrogens with one attached hydrogen (secondary N) is 1. The molecule has 0 saturated heterocycles. The van der Waals surface area contributed by atoms with E-state index in [2.05, 4.69) is 5.32 Å². The average Bonchev–Trinajstić information content (AvgIpc) is 3.56. The number of carbonyl (C=O) groups is 2. The van der Waals surface area contributed by atoms with Crippen LogP contribution in [-0.4, -0.2) is 29.7 Å². The Hall–Kier alpha value is -2.65. The first-order valence-electron chi connectivity index (χ1n) is 10.4. The van der Waals surface area contributed by atoms with Crippen LogP contribution in [0.15, 0.2) is 106 Å². The van der Waals surface area contributed by atoms with Crippen LogP contribution in [-0.2, 0) is 12.8 Å². The summed E-state index contributed by atoms with van der Waals surface area (Å²) in [5.41, 5.74) is 6.48. The molecule has 0 saturated carbocycles. The van der Waals surface area contributed by atoms with Gasteiger partial charge in [0.2, 0.25) is 0 Å². The van der Waals surface area contributed by atoms with Crippen molar-refractivity contribution in [1.82, 2.24) is 5.32 Å². The number of halogens is 1. The van der Waals surface area contributed by atoms with Gasteiger partial charge in [0.05, 0.1) is 12.5 Å². The molecule has 4 aromatic rings. The number of carbonyl (C=O) groups excluding carboxylic acids is 2. The quantitative estimate of drug-likeness (QED) is 0.291. The van der Waals surface area contributed by atoms with Crippen molar-refractivity contribution in [2.24, 2.45) is 5.73 Å². The molecule has 0 radical (unpaired) electrons. The molecule has 4 N–H and O–H groups in total. The van der Waals surface area contributed by atoms with Crippen LogP contribution in [0.5, 0.6) is 0 Å². The summed E-state index contributed by atoms with van der Waals surface area (Å²) in [5, 5.41) is 2.43. The molecular weight excluding hydrogens is 479 g/mol. The molecule has 0 spiro atoms. The van der Waals surface area contributed by atoms with Gasteiger partial charge in [0.15, 0.2) is 0 Å². The molecule has 0 aliphatic rings. The molecule has 0 aliphatic carbocycles. The molecule has 7 nitrogen and oxygen atoms in total. The van der Waals surface area contributed by atoms with Crippen molar-refractivity contribution in [3.63, 3.8) is 0 Å². The Labute approximate surface area is 232 Å². The summed E-state index contributed by atoms with van der Waals surface area (Å²) in [6.07, 6.45) is 4.85. The van der Waals surface area contributed by atoms with E-state index < -0.39 is 5.24 Å². The predicted octanol–water partition coefficient (Wildman–Crippen LogP) is 1.93. The molecule has 2 heterocycles. The van der Waals surface area contributed by atoms with E-state index in [1.807, 2.05) is 48.5 Å². The smallest absolute Gasteiger partial charge is 0.870 e. The van der Waals surface area contributed by atoms with Crippen LogP contribution in [0.1, 0.15) is 32.2 Å². The number of amides is 1. The van der Waals surface area contributed by atoms with Crippen molar-refractivity contribution in [1.29, 1.82) is 0 Å². The van der Waals surface area contributed by atoms with Gasteiger partial charge in [0.25, 0.3) is 11.1 Å². The van der Waals surface area contributed by atoms with Crippen LogP contribution in [0.3, 0.4) is 0 Å². The Bertz CT molecular complexity index is 1040. The molecule has 180 valence electrons. The summed E-state index contributed by atoms with van der Waals surface area (Å²) in [7, 11) is 0. The Kier molecular flexibility index (Phi) is 18.1. The maximum Gasteiger partial charge on any atom is 1.00 e. The van der Waals surface area contributed by atoms with E-state index in [-0.39, 0.29) is 40.9 Å². The van der Waals surface area contributed by atoms with Gasteiger partial charge in [-0.25, -0.2) is 0 Å². The van der Waals surface area contributed by atoms with Crippen molar-refractivity contribution in [2.45, 2.75) is 12.8 Å². The van der Waals surface area contributed by atoms with E-state index in [4.69, 9.17) is 26.2 Å². The summed E-state index contributed by atoms with van der Waals surface area (Å²) < 4.78 is 10.2. The minimum atomic E-state index is -0.407. The molecule has 4 rings (SSSR count). The van der Waals surface area contributed by atoms with Gasteiger partial charge in [-0.2, -0.15) is 0 Å². The van der Waals surface area contributed by atoms with Gasteiger partial charge in [0, 0.05) is 30.5 Å². The Morgan fingerprint density at radius 3 is 1.63 bits per heavy atom. The van der Waals surface area contributed by atoms with E-state index in [1.54, 1.807) is 48.9 Å². The number of rotatable bonds is 7. The molecule has 2 aromatic heterocycles. The van der Waals surface area contributed by atoms with E-state index in [0.717, 1.165) is 17.9 Å². The molecule has 0 unspecified atom stereocenters. The molecule has 9 heteroatoms. The van der Waals surface area contributed by atoms with Crippen LogP contribution < -0.4 is 40.6 Å². The third-order valence-corrected chi connectivity index (χ3v) is 4.46. The summed E-state index contributed by atoms with van der Waals surface area (Å²) in [4.78, 5) is 22.0. The zero-order valence-electron chi connectivity index (χ0n) is 19.6. The van der Waals surface area contributed by atoms with Crippen LogP contribution in [0.4, 0.5) is 0 Å². The zero-order chi connectivity index (χ0) is 23.7. The maximum absolute atomic E-state index is 11.6. The van der Waals surface area contributed by atoms with Crippen LogP contribution in [0, 0.1) is 0 Å². The van der Waals surface area contributed by atoms with E-state index in [0.29, 0.717) is 30.6 Å². The van der Waals surface area contributed by atoms with Gasteiger partial charge < -0.3 is 25.4 Å². The van der Waals surface area contributed by atoms with Crippen molar-refractivity contribution in [3.05, 3.63) is 120 Å². The maximum atomic E-state index is 11.6. The van der Waals surface area contributed by atoms with E-state index in [1.165, 1.54) is 0 Å². The number of hydrogen-bond acceptors (Lipinski definition) is 6. The molecule has 2 aromatic carbocycles. The van der Waals surface area contributed by atoms with Gasteiger partial charge in [-0.3, -0.25) is 9.59 Å². The summed E-state index contributed by atoms with van der Waals surface area (Å²) >= 11 is 5.16. The van der Waals surface area contributed by atoms with Gasteiger partial charge in [-0.15, -0.1) is 0 Å². The second-order valence-electron chi connectivity index (χ2n) is 6.71. The summed E-state index contributed by atoms with van der Waals surface area (Å²) in [6.45, 7) is 1.24. The van der Waals surface area contributed by atoms with E-state index >= 15 is 0 Å². The first kappa shape index (κ1) is 32.4. The van der Waals surface area contributed by atoms with Crippen molar-refractivity contribution >= 4 is 22.8 Å². The Morgan fingerprint density at radius 2 is 1.23 bits per heavy atom. The summed E-state index contributed by atoms with van der Waals surface area (Å²) in [5.74, 6) is 1.80. The Balaban J connectivity index is 0.000000523. The van der Waals surface area contributed by atoms with Crippen molar-refractivity contribution in [3.8, 4) is 0 Å². The number of benzene rings is 2. The van der Waals surface area contributed by atoms with Crippen molar-refractivity contribution < 1.29 is 53.5 Å². The number of nitrogens with two attached hydrogens (primary N) is 1. The van der Waals surface area contributed by atoms with Crippen molar-refractivity contribution in [2.75, 3.05) is 13.1 Å². The van der Waals surface area contributed by atoms with Gasteiger partial charge in [-0.05, 0) is 54.5 Å². The molecule has 35 heavy (non-hydrogen) atoms. The van der Waals surface area contributed by atoms with Gasteiger partial charge in [-0.1, -0.05) is 48.5 Å². The second kappa shape index (κ2) is 19.6. The van der Waals surface area contributed by atoms with Gasteiger partial charge in [0.1, 0.15) is 11.5 Å². The third kappa shape index (κ3) is 13.7. The fourth-order valence-electron chi connectivity index (χ4n) is 2.61. The average molecular weight is 507 g/mol. The fourth-order valence-corrected chi connectivity index (χ4v) is 2.74. The fraction of sp³-hybridized carbons (Fsp3) is 0.154. The first-order valence-corrected chi connectivity index (χ1v) is 10.8. The van der Waals surface area contributed by atoms with Crippen LogP contribution in [0.25, 0.3) is 0 Å². The Morgan fingerprint density at radius 1 is 0.743 bits per heavy atom. The monoisotopic (exact) mass is 506 g/mol. The van der Waals surface area contributed by atoms with E-state index in [9.17, 15) is 9.59 Å². The normalized spacial score (nSPS) is 9.09. The number of furan rings is 2. The standard InChI is InChI=1S/C13H13NO2.C7H5ClO.C6H9NO.Na.H2O/c15-13(11-5-2-1-3-6-11)14-9-8-12-7-4-10-16-12;8-7(9)6-4-2-1-3-5-6;7-4-3-6-2-1-5-8-6;;/h1-7,10H,8-9H2,(H,14,15);1-5H;1-2,5H,3-4,7H2;;1H2/q;;;+1;/p-1. The van der Waals surface area contributed by atoms with Crippen LogP contribution >= 0.6 is 11.6 Å². The second-order valence-corrected chi connectivity index (χ2v) is 7.05. The molecule has 1 amide bonds. The molecular formula is C26H28ClN2NaO5.